The fourth-order valence-electron chi connectivity index (χ4n) is 1.25. The molecule has 0 aliphatic heterocycles. The molecule has 0 fully saturated rings. The standard InChI is InChI=1S/C12H15ClN2/c1-8-4-6-10(7-5-8)12(15-3)11(13)9(2)14/h4-7H,14H2,1-3H3. The number of benzene rings is 1. The van der Waals surface area contributed by atoms with E-state index < -0.39 is 0 Å². The van der Waals surface area contributed by atoms with E-state index in [4.69, 9.17) is 17.3 Å². The Morgan fingerprint density at radius 1 is 1.27 bits per heavy atom. The normalized spacial score (nSPS) is 13.7. The van der Waals surface area contributed by atoms with Gasteiger partial charge in [-0.1, -0.05) is 41.4 Å². The Hall–Kier alpha value is -1.28. The maximum atomic E-state index is 6.08. The van der Waals surface area contributed by atoms with Crippen LogP contribution in [0.4, 0.5) is 0 Å². The molecule has 1 aromatic rings. The van der Waals surface area contributed by atoms with Crippen molar-refractivity contribution in [1.29, 1.82) is 0 Å². The minimum atomic E-state index is 0.515. The molecule has 0 aliphatic carbocycles. The molecule has 1 aromatic carbocycles. The predicted molar refractivity (Wildman–Crippen MR) is 66.4 cm³/mol. The van der Waals surface area contributed by atoms with Gasteiger partial charge >= 0.3 is 0 Å². The molecule has 0 saturated carbocycles. The third-order valence-electron chi connectivity index (χ3n) is 2.10. The molecular formula is C12H15ClN2. The zero-order valence-corrected chi connectivity index (χ0v) is 9.97. The highest BCUT2D eigenvalue weighted by Gasteiger charge is 2.08. The van der Waals surface area contributed by atoms with Crippen molar-refractivity contribution in [3.63, 3.8) is 0 Å². The monoisotopic (exact) mass is 222 g/mol. The van der Waals surface area contributed by atoms with Gasteiger partial charge in [0.15, 0.2) is 0 Å². The van der Waals surface area contributed by atoms with Crippen LogP contribution in [0.2, 0.25) is 0 Å². The lowest BCUT2D eigenvalue weighted by Gasteiger charge is -2.06. The van der Waals surface area contributed by atoms with E-state index in [0.29, 0.717) is 10.7 Å². The minimum absolute atomic E-state index is 0.515. The molecule has 0 unspecified atom stereocenters. The van der Waals surface area contributed by atoms with E-state index in [9.17, 15) is 0 Å². The molecule has 0 radical (unpaired) electrons. The number of aryl methyl sites for hydroxylation is 1. The van der Waals surface area contributed by atoms with E-state index in [1.54, 1.807) is 14.0 Å². The number of rotatable bonds is 2. The first kappa shape index (κ1) is 11.8. The van der Waals surface area contributed by atoms with Crippen LogP contribution in [0.25, 0.3) is 0 Å². The van der Waals surface area contributed by atoms with Gasteiger partial charge in [0.05, 0.1) is 10.7 Å². The van der Waals surface area contributed by atoms with Gasteiger partial charge in [-0.3, -0.25) is 4.99 Å². The van der Waals surface area contributed by atoms with Crippen LogP contribution in [0.5, 0.6) is 0 Å². The van der Waals surface area contributed by atoms with E-state index in [-0.39, 0.29) is 0 Å². The number of nitrogens with zero attached hydrogens (tertiary/aromatic N) is 1. The summed E-state index contributed by atoms with van der Waals surface area (Å²) in [7, 11) is 1.71. The molecule has 2 N–H and O–H groups in total. The average Bonchev–Trinajstić information content (AvgIpc) is 2.21. The van der Waals surface area contributed by atoms with Gasteiger partial charge in [-0.2, -0.15) is 0 Å². The Bertz CT molecular complexity index is 398. The molecule has 0 bridgehead atoms. The number of hydrogen-bond acceptors (Lipinski definition) is 2. The van der Waals surface area contributed by atoms with Crippen LogP contribution in [-0.2, 0) is 0 Å². The lowest BCUT2D eigenvalue weighted by atomic mass is 10.1. The number of allylic oxidation sites excluding steroid dienone is 2. The molecular weight excluding hydrogens is 208 g/mol. The third-order valence-corrected chi connectivity index (χ3v) is 2.58. The summed E-state index contributed by atoms with van der Waals surface area (Å²) in [5, 5.41) is 0.515. The quantitative estimate of drug-likeness (QED) is 0.768. The van der Waals surface area contributed by atoms with Gasteiger partial charge in [0.1, 0.15) is 0 Å². The van der Waals surface area contributed by atoms with Crippen molar-refractivity contribution < 1.29 is 0 Å². The second kappa shape index (κ2) is 4.99. The van der Waals surface area contributed by atoms with E-state index in [0.717, 1.165) is 11.3 Å². The number of aliphatic imine (C=N–C) groups is 1. The molecule has 2 nitrogen and oxygen atoms in total. The smallest absolute Gasteiger partial charge is 0.0848 e. The molecule has 15 heavy (non-hydrogen) atoms. The number of halogens is 1. The first-order valence-electron chi connectivity index (χ1n) is 4.72. The summed E-state index contributed by atoms with van der Waals surface area (Å²) in [4.78, 5) is 4.16. The van der Waals surface area contributed by atoms with Crippen molar-refractivity contribution in [1.82, 2.24) is 0 Å². The first-order chi connectivity index (χ1) is 7.06. The Balaban J connectivity index is 3.16. The van der Waals surface area contributed by atoms with Crippen molar-refractivity contribution in [2.24, 2.45) is 10.7 Å². The van der Waals surface area contributed by atoms with Gasteiger partial charge in [0.25, 0.3) is 0 Å². The molecule has 0 spiro atoms. The second-order valence-electron chi connectivity index (χ2n) is 3.44. The molecule has 0 aliphatic rings. The van der Waals surface area contributed by atoms with Crippen LogP contribution in [0, 0.1) is 6.92 Å². The van der Waals surface area contributed by atoms with Gasteiger partial charge in [-0.05, 0) is 13.8 Å². The molecule has 80 valence electrons. The van der Waals surface area contributed by atoms with Crippen LogP contribution < -0.4 is 5.73 Å². The van der Waals surface area contributed by atoms with E-state index in [1.807, 2.05) is 31.2 Å². The molecule has 0 aromatic heterocycles. The second-order valence-corrected chi connectivity index (χ2v) is 3.81. The van der Waals surface area contributed by atoms with E-state index in [2.05, 4.69) is 4.99 Å². The van der Waals surface area contributed by atoms with Crippen molar-refractivity contribution in [3.8, 4) is 0 Å². The third kappa shape index (κ3) is 2.83. The Morgan fingerprint density at radius 3 is 2.20 bits per heavy atom. The van der Waals surface area contributed by atoms with Gasteiger partial charge < -0.3 is 5.73 Å². The number of hydrogen-bond donors (Lipinski definition) is 1. The Kier molecular flexibility index (Phi) is 3.92. The van der Waals surface area contributed by atoms with Gasteiger partial charge in [0, 0.05) is 18.3 Å². The summed E-state index contributed by atoms with van der Waals surface area (Å²) in [6.07, 6.45) is 0. The Labute approximate surface area is 95.5 Å². The fourth-order valence-corrected chi connectivity index (χ4v) is 1.45. The van der Waals surface area contributed by atoms with Crippen LogP contribution in [0.3, 0.4) is 0 Å². The minimum Gasteiger partial charge on any atom is -0.401 e. The van der Waals surface area contributed by atoms with E-state index >= 15 is 0 Å². The van der Waals surface area contributed by atoms with Crippen molar-refractivity contribution in [2.45, 2.75) is 13.8 Å². The summed E-state index contributed by atoms with van der Waals surface area (Å²) in [6, 6.07) is 8.03. The summed E-state index contributed by atoms with van der Waals surface area (Å²) in [5.41, 5.74) is 9.15. The molecule has 1 rings (SSSR count). The van der Waals surface area contributed by atoms with Gasteiger partial charge in [0.2, 0.25) is 0 Å². The molecule has 0 atom stereocenters. The maximum absolute atomic E-state index is 6.08. The van der Waals surface area contributed by atoms with Crippen molar-refractivity contribution in [3.05, 3.63) is 46.1 Å². The predicted octanol–water partition coefficient (Wildman–Crippen LogP) is 2.84. The number of nitrogens with two attached hydrogens (primary N) is 1. The Morgan fingerprint density at radius 2 is 1.80 bits per heavy atom. The van der Waals surface area contributed by atoms with Crippen LogP contribution in [0.15, 0.2) is 40.0 Å². The van der Waals surface area contributed by atoms with Gasteiger partial charge in [-0.15, -0.1) is 0 Å². The molecule has 3 heteroatoms. The SMILES string of the molecule is CN=C(C(Cl)=C(C)N)c1ccc(C)cc1. The maximum Gasteiger partial charge on any atom is 0.0848 e. The van der Waals surface area contributed by atoms with Crippen LogP contribution >= 0.6 is 11.6 Å². The van der Waals surface area contributed by atoms with E-state index in [1.165, 1.54) is 5.56 Å². The van der Waals surface area contributed by atoms with Crippen molar-refractivity contribution in [2.75, 3.05) is 7.05 Å². The highest BCUT2D eigenvalue weighted by Crippen LogP contribution is 2.15. The molecule has 0 amide bonds. The van der Waals surface area contributed by atoms with Gasteiger partial charge in [-0.25, -0.2) is 0 Å². The highest BCUT2D eigenvalue weighted by molar-refractivity contribution is 6.46. The zero-order chi connectivity index (χ0) is 11.4. The lowest BCUT2D eigenvalue weighted by molar-refractivity contribution is 1.30. The summed E-state index contributed by atoms with van der Waals surface area (Å²) < 4.78 is 0. The lowest BCUT2D eigenvalue weighted by Crippen LogP contribution is -2.06. The fraction of sp³-hybridized carbons (Fsp3) is 0.250. The first-order valence-corrected chi connectivity index (χ1v) is 5.10. The summed E-state index contributed by atoms with van der Waals surface area (Å²) in [6.45, 7) is 3.81. The largest absolute Gasteiger partial charge is 0.401 e. The summed E-state index contributed by atoms with van der Waals surface area (Å²) in [5.74, 6) is 0. The average molecular weight is 223 g/mol. The van der Waals surface area contributed by atoms with Crippen molar-refractivity contribution >= 4 is 17.3 Å². The topological polar surface area (TPSA) is 38.4 Å². The molecule has 0 saturated heterocycles. The van der Waals surface area contributed by atoms with Crippen LogP contribution in [-0.4, -0.2) is 12.8 Å². The van der Waals surface area contributed by atoms with Crippen LogP contribution in [0.1, 0.15) is 18.1 Å². The highest BCUT2D eigenvalue weighted by atomic mass is 35.5. The summed E-state index contributed by atoms with van der Waals surface area (Å²) >= 11 is 6.08. The molecule has 0 heterocycles. The zero-order valence-electron chi connectivity index (χ0n) is 9.21.